The van der Waals surface area contributed by atoms with Crippen LogP contribution in [-0.4, -0.2) is 29.1 Å². The molecule has 0 fully saturated rings. The first kappa shape index (κ1) is 16.5. The molecule has 0 spiro atoms. The third-order valence-corrected chi connectivity index (χ3v) is 2.76. The number of aryl methyl sites for hydroxylation is 1. The van der Waals surface area contributed by atoms with E-state index in [0.29, 0.717) is 5.69 Å². The minimum absolute atomic E-state index is 0.460. The van der Waals surface area contributed by atoms with Gasteiger partial charge >= 0.3 is 12.0 Å². The van der Waals surface area contributed by atoms with E-state index in [1.165, 1.54) is 0 Å². The van der Waals surface area contributed by atoms with Crippen LogP contribution in [0.4, 0.5) is 10.5 Å². The fourth-order valence-electron chi connectivity index (χ4n) is 1.77. The van der Waals surface area contributed by atoms with Crippen molar-refractivity contribution in [1.82, 2.24) is 5.32 Å². The second-order valence-electron chi connectivity index (χ2n) is 4.61. The van der Waals surface area contributed by atoms with Crippen LogP contribution in [0.3, 0.4) is 0 Å². The molecule has 1 aromatic rings. The molecule has 0 radical (unpaired) electrons. The molecule has 7 nitrogen and oxygen atoms in total. The predicted octanol–water partition coefficient (Wildman–Crippen LogP) is 1.09. The summed E-state index contributed by atoms with van der Waals surface area (Å²) < 4.78 is 0. The van der Waals surface area contributed by atoms with E-state index in [1.54, 1.807) is 12.1 Å². The van der Waals surface area contributed by atoms with Crippen molar-refractivity contribution in [2.24, 2.45) is 5.73 Å². The smallest absolute Gasteiger partial charge is 0.326 e. The Kier molecular flexibility index (Phi) is 6.19. The molecular weight excluding hydrogens is 274 g/mol. The number of primary amides is 1. The monoisotopic (exact) mass is 293 g/mol. The standard InChI is InChI=1S/C14H19N3O4/c1-2-3-9-4-6-10(7-5-9)16-14(21)17-11(13(19)20)8-12(15)18/h4-7,11H,2-3,8H2,1H3,(H2,15,18)(H,19,20)(H2,16,17,21). The molecule has 0 saturated carbocycles. The van der Waals surface area contributed by atoms with Crippen molar-refractivity contribution in [3.05, 3.63) is 29.8 Å². The molecule has 21 heavy (non-hydrogen) atoms. The topological polar surface area (TPSA) is 122 Å². The Morgan fingerprint density at radius 2 is 1.86 bits per heavy atom. The maximum atomic E-state index is 11.7. The minimum atomic E-state index is -1.35. The van der Waals surface area contributed by atoms with Gasteiger partial charge in [-0.15, -0.1) is 0 Å². The SMILES string of the molecule is CCCc1ccc(NC(=O)NC(CC(N)=O)C(=O)O)cc1. The number of amides is 3. The van der Waals surface area contributed by atoms with Gasteiger partial charge in [-0.2, -0.15) is 0 Å². The fourth-order valence-corrected chi connectivity index (χ4v) is 1.77. The number of benzene rings is 1. The number of nitrogens with one attached hydrogen (secondary N) is 2. The van der Waals surface area contributed by atoms with Crippen LogP contribution in [0.5, 0.6) is 0 Å². The first-order valence-corrected chi connectivity index (χ1v) is 6.60. The van der Waals surface area contributed by atoms with E-state index in [1.807, 2.05) is 12.1 Å². The van der Waals surface area contributed by atoms with Crippen molar-refractivity contribution in [3.63, 3.8) is 0 Å². The van der Waals surface area contributed by atoms with Gasteiger partial charge in [-0.05, 0) is 24.1 Å². The summed E-state index contributed by atoms with van der Waals surface area (Å²) in [6.07, 6.45) is 1.52. The highest BCUT2D eigenvalue weighted by molar-refractivity contribution is 5.93. The molecule has 1 aromatic carbocycles. The normalized spacial score (nSPS) is 11.5. The van der Waals surface area contributed by atoms with Crippen LogP contribution in [-0.2, 0) is 16.0 Å². The lowest BCUT2D eigenvalue weighted by Gasteiger charge is -2.13. The van der Waals surface area contributed by atoms with E-state index >= 15 is 0 Å². The van der Waals surface area contributed by atoms with E-state index < -0.39 is 30.4 Å². The van der Waals surface area contributed by atoms with Gasteiger partial charge in [-0.3, -0.25) is 4.79 Å². The van der Waals surface area contributed by atoms with Crippen LogP contribution in [0.2, 0.25) is 0 Å². The Balaban J connectivity index is 2.59. The zero-order valence-corrected chi connectivity index (χ0v) is 11.8. The van der Waals surface area contributed by atoms with Gasteiger partial charge in [0.1, 0.15) is 6.04 Å². The molecule has 1 unspecified atom stereocenters. The minimum Gasteiger partial charge on any atom is -0.480 e. The van der Waals surface area contributed by atoms with Gasteiger partial charge in [0.05, 0.1) is 6.42 Å². The van der Waals surface area contributed by atoms with Crippen LogP contribution >= 0.6 is 0 Å². The van der Waals surface area contributed by atoms with E-state index in [9.17, 15) is 14.4 Å². The number of urea groups is 1. The van der Waals surface area contributed by atoms with E-state index in [2.05, 4.69) is 17.6 Å². The third kappa shape index (κ3) is 5.94. The highest BCUT2D eigenvalue weighted by Gasteiger charge is 2.22. The van der Waals surface area contributed by atoms with E-state index in [-0.39, 0.29) is 0 Å². The van der Waals surface area contributed by atoms with Gasteiger partial charge in [-0.25, -0.2) is 9.59 Å². The Labute approximate surface area is 122 Å². The number of rotatable bonds is 7. The molecular formula is C14H19N3O4. The summed E-state index contributed by atoms with van der Waals surface area (Å²) in [5.41, 5.74) is 6.62. The Bertz CT molecular complexity index is 513. The maximum absolute atomic E-state index is 11.7. The van der Waals surface area contributed by atoms with E-state index in [4.69, 9.17) is 10.8 Å². The van der Waals surface area contributed by atoms with Gasteiger partial charge in [0.15, 0.2) is 0 Å². The molecule has 0 aliphatic heterocycles. The zero-order chi connectivity index (χ0) is 15.8. The fraction of sp³-hybridized carbons (Fsp3) is 0.357. The van der Waals surface area contributed by atoms with Crippen molar-refractivity contribution < 1.29 is 19.5 Å². The number of nitrogens with two attached hydrogens (primary N) is 1. The summed E-state index contributed by atoms with van der Waals surface area (Å²) in [5.74, 6) is -2.12. The molecule has 0 aliphatic carbocycles. The first-order chi connectivity index (χ1) is 9.92. The van der Waals surface area contributed by atoms with Crippen LogP contribution in [0.25, 0.3) is 0 Å². The van der Waals surface area contributed by atoms with Crippen molar-refractivity contribution in [2.45, 2.75) is 32.2 Å². The number of carbonyl (C=O) groups excluding carboxylic acids is 2. The molecule has 0 saturated heterocycles. The van der Waals surface area contributed by atoms with Gasteiger partial charge in [-0.1, -0.05) is 25.5 Å². The highest BCUT2D eigenvalue weighted by Crippen LogP contribution is 2.11. The predicted molar refractivity (Wildman–Crippen MR) is 77.8 cm³/mol. The van der Waals surface area contributed by atoms with Crippen molar-refractivity contribution in [3.8, 4) is 0 Å². The van der Waals surface area contributed by atoms with Crippen molar-refractivity contribution >= 4 is 23.6 Å². The van der Waals surface area contributed by atoms with Gasteiger partial charge in [0.25, 0.3) is 0 Å². The van der Waals surface area contributed by atoms with Gasteiger partial charge < -0.3 is 21.5 Å². The number of carboxylic acids is 1. The van der Waals surface area contributed by atoms with Gasteiger partial charge in [0, 0.05) is 5.69 Å². The summed E-state index contributed by atoms with van der Waals surface area (Å²) >= 11 is 0. The molecule has 3 amide bonds. The first-order valence-electron chi connectivity index (χ1n) is 6.60. The number of hydrogen-bond donors (Lipinski definition) is 4. The average Bonchev–Trinajstić information content (AvgIpc) is 2.40. The second kappa shape index (κ2) is 7.88. The quantitative estimate of drug-likeness (QED) is 0.601. The molecule has 5 N–H and O–H groups in total. The number of carbonyl (C=O) groups is 3. The third-order valence-electron chi connectivity index (χ3n) is 2.76. The van der Waals surface area contributed by atoms with Crippen molar-refractivity contribution in [2.75, 3.05) is 5.32 Å². The zero-order valence-electron chi connectivity index (χ0n) is 11.8. The molecule has 1 rings (SSSR count). The summed E-state index contributed by atoms with van der Waals surface area (Å²) in [6, 6.07) is 5.19. The average molecular weight is 293 g/mol. The molecule has 7 heteroatoms. The lowest BCUT2D eigenvalue weighted by molar-refractivity contribution is -0.140. The number of aliphatic carboxylic acids is 1. The van der Waals surface area contributed by atoms with Crippen LogP contribution < -0.4 is 16.4 Å². The molecule has 114 valence electrons. The number of anilines is 1. The largest absolute Gasteiger partial charge is 0.480 e. The summed E-state index contributed by atoms with van der Waals surface area (Å²) in [6.45, 7) is 2.07. The summed E-state index contributed by atoms with van der Waals surface area (Å²) in [7, 11) is 0. The highest BCUT2D eigenvalue weighted by atomic mass is 16.4. The Morgan fingerprint density at radius 3 is 2.33 bits per heavy atom. The van der Waals surface area contributed by atoms with Gasteiger partial charge in [0.2, 0.25) is 5.91 Å². The molecule has 0 aliphatic rings. The Morgan fingerprint density at radius 1 is 1.24 bits per heavy atom. The van der Waals surface area contributed by atoms with Crippen LogP contribution in [0, 0.1) is 0 Å². The van der Waals surface area contributed by atoms with Crippen LogP contribution in [0.15, 0.2) is 24.3 Å². The summed E-state index contributed by atoms with van der Waals surface area (Å²) in [4.78, 5) is 33.3. The molecule has 0 bridgehead atoms. The lowest BCUT2D eigenvalue weighted by Crippen LogP contribution is -2.45. The molecule has 1 atom stereocenters. The maximum Gasteiger partial charge on any atom is 0.326 e. The van der Waals surface area contributed by atoms with Crippen LogP contribution in [0.1, 0.15) is 25.3 Å². The summed E-state index contributed by atoms with van der Waals surface area (Å²) in [5, 5.41) is 13.6. The number of carboxylic acid groups (broad SMARTS) is 1. The second-order valence-corrected chi connectivity index (χ2v) is 4.61. The Hall–Kier alpha value is -2.57. The molecule has 0 heterocycles. The number of hydrogen-bond acceptors (Lipinski definition) is 3. The molecule has 0 aromatic heterocycles. The van der Waals surface area contributed by atoms with E-state index in [0.717, 1.165) is 18.4 Å². The lowest BCUT2D eigenvalue weighted by atomic mass is 10.1. The van der Waals surface area contributed by atoms with Crippen molar-refractivity contribution in [1.29, 1.82) is 0 Å².